The Morgan fingerprint density at radius 3 is 2.74 bits per heavy atom. The fourth-order valence-electron chi connectivity index (χ4n) is 3.73. The molecule has 0 spiro atoms. The third-order valence-corrected chi connectivity index (χ3v) is 5.51. The Labute approximate surface area is 185 Å². The Morgan fingerprint density at radius 1 is 1.10 bits per heavy atom. The van der Waals surface area contributed by atoms with Crippen LogP contribution < -0.4 is 0 Å². The number of rotatable bonds is 5. The number of imidazole rings is 1. The van der Waals surface area contributed by atoms with Crippen LogP contribution in [0.15, 0.2) is 54.9 Å². The molecule has 2 aromatic carbocycles. The molecule has 0 aliphatic carbocycles. The van der Waals surface area contributed by atoms with E-state index in [9.17, 15) is 0 Å². The first-order chi connectivity index (χ1) is 15.1. The zero-order valence-electron chi connectivity index (χ0n) is 17.4. The van der Waals surface area contributed by atoms with Crippen LogP contribution in [0.3, 0.4) is 0 Å². The molecule has 0 fully saturated rings. The van der Waals surface area contributed by atoms with Gasteiger partial charge in [-0.05, 0) is 43.7 Å². The second-order valence-electron chi connectivity index (χ2n) is 7.74. The van der Waals surface area contributed by atoms with E-state index in [0.717, 1.165) is 39.9 Å². The van der Waals surface area contributed by atoms with E-state index in [1.165, 1.54) is 0 Å². The average Bonchev–Trinajstić information content (AvgIpc) is 3.32. The number of benzene rings is 2. The number of halogens is 1. The summed E-state index contributed by atoms with van der Waals surface area (Å²) >= 11 is 6.34. The van der Waals surface area contributed by atoms with Gasteiger partial charge in [0.2, 0.25) is 0 Å². The summed E-state index contributed by atoms with van der Waals surface area (Å²) in [6.45, 7) is 5.00. The van der Waals surface area contributed by atoms with Gasteiger partial charge in [0, 0.05) is 10.6 Å². The lowest BCUT2D eigenvalue weighted by molar-refractivity contribution is 0.0595. The van der Waals surface area contributed by atoms with Crippen molar-refractivity contribution in [3.05, 3.63) is 82.7 Å². The minimum Gasteiger partial charge on any atom is -0.371 e. The molecule has 1 aliphatic heterocycles. The van der Waals surface area contributed by atoms with E-state index in [4.69, 9.17) is 21.3 Å². The lowest BCUT2D eigenvalue weighted by Gasteiger charge is -2.10. The molecule has 0 saturated carbocycles. The van der Waals surface area contributed by atoms with Crippen molar-refractivity contribution < 1.29 is 4.74 Å². The highest BCUT2D eigenvalue weighted by atomic mass is 35.5. The molecule has 0 atom stereocenters. The van der Waals surface area contributed by atoms with E-state index in [-0.39, 0.29) is 6.10 Å². The Balaban J connectivity index is 1.63. The van der Waals surface area contributed by atoms with E-state index >= 15 is 0 Å². The van der Waals surface area contributed by atoms with Gasteiger partial charge in [-0.15, -0.1) is 10.2 Å². The molecule has 2 aromatic heterocycles. The second kappa shape index (κ2) is 8.13. The third-order valence-electron chi connectivity index (χ3n) is 5.27. The first-order valence-electron chi connectivity index (χ1n) is 10.2. The van der Waals surface area contributed by atoms with Crippen LogP contribution in [0.1, 0.15) is 36.6 Å². The molecule has 0 N–H and O–H groups in total. The summed E-state index contributed by atoms with van der Waals surface area (Å²) < 4.78 is 10.0. The summed E-state index contributed by atoms with van der Waals surface area (Å²) in [5.41, 5.74) is 4.99. The summed E-state index contributed by atoms with van der Waals surface area (Å²) in [5, 5.41) is 9.56. The standard InChI is InChI=1S/C24H22ClN5O/c1-16(2)31-14-23-27-28-24-19-12-18(25)9-11-21(19)30-15-26-20(22(30)13-29(23)24)10-8-17-6-4-3-5-7-17/h3-12,15-16H,13-14H2,1-2H3/b10-8+. The zero-order chi connectivity index (χ0) is 21.4. The molecule has 0 unspecified atom stereocenters. The molecule has 31 heavy (non-hydrogen) atoms. The van der Waals surface area contributed by atoms with Gasteiger partial charge in [-0.3, -0.25) is 0 Å². The number of hydrogen-bond donors (Lipinski definition) is 0. The summed E-state index contributed by atoms with van der Waals surface area (Å²) in [4.78, 5) is 4.69. The third kappa shape index (κ3) is 3.80. The van der Waals surface area contributed by atoms with E-state index in [0.29, 0.717) is 18.2 Å². The molecule has 156 valence electrons. The topological polar surface area (TPSA) is 57.8 Å². The van der Waals surface area contributed by atoms with Crippen LogP contribution in [0.4, 0.5) is 0 Å². The summed E-state index contributed by atoms with van der Waals surface area (Å²) in [6.07, 6.45) is 6.09. The molecular formula is C24H22ClN5O. The molecule has 0 saturated heterocycles. The minimum atomic E-state index is 0.107. The highest BCUT2D eigenvalue weighted by Crippen LogP contribution is 2.34. The van der Waals surface area contributed by atoms with Crippen molar-refractivity contribution in [3.63, 3.8) is 0 Å². The smallest absolute Gasteiger partial charge is 0.166 e. The minimum absolute atomic E-state index is 0.107. The monoisotopic (exact) mass is 431 g/mol. The van der Waals surface area contributed by atoms with E-state index in [1.54, 1.807) is 0 Å². The van der Waals surface area contributed by atoms with Crippen LogP contribution in [-0.2, 0) is 17.9 Å². The van der Waals surface area contributed by atoms with Crippen LogP contribution in [0.25, 0.3) is 29.2 Å². The Kier molecular flexibility index (Phi) is 5.18. The van der Waals surface area contributed by atoms with Gasteiger partial charge >= 0.3 is 0 Å². The van der Waals surface area contributed by atoms with Crippen molar-refractivity contribution in [3.8, 4) is 17.1 Å². The summed E-state index contributed by atoms with van der Waals surface area (Å²) in [7, 11) is 0. The van der Waals surface area contributed by atoms with Gasteiger partial charge in [0.05, 0.1) is 29.7 Å². The van der Waals surface area contributed by atoms with Gasteiger partial charge < -0.3 is 13.9 Å². The van der Waals surface area contributed by atoms with Gasteiger partial charge in [0.15, 0.2) is 11.6 Å². The first-order valence-corrected chi connectivity index (χ1v) is 10.6. The van der Waals surface area contributed by atoms with Gasteiger partial charge in [-0.1, -0.05) is 48.0 Å². The van der Waals surface area contributed by atoms with E-state index in [1.807, 2.05) is 56.6 Å². The zero-order valence-corrected chi connectivity index (χ0v) is 18.1. The van der Waals surface area contributed by atoms with Crippen LogP contribution in [0, 0.1) is 0 Å². The molecule has 7 heteroatoms. The van der Waals surface area contributed by atoms with Crippen LogP contribution in [-0.4, -0.2) is 30.4 Å². The second-order valence-corrected chi connectivity index (χ2v) is 8.17. The lowest BCUT2D eigenvalue weighted by atomic mass is 10.1. The number of hydrogen-bond acceptors (Lipinski definition) is 4. The van der Waals surface area contributed by atoms with Crippen molar-refractivity contribution in [2.24, 2.45) is 0 Å². The number of ether oxygens (including phenoxy) is 1. The molecule has 0 bridgehead atoms. The largest absolute Gasteiger partial charge is 0.371 e. The first kappa shape index (κ1) is 19.7. The molecule has 0 amide bonds. The Morgan fingerprint density at radius 2 is 1.94 bits per heavy atom. The SMILES string of the molecule is CC(C)OCc1nnc2n1Cc1c(/C=C/c3ccccc3)ncn1-c1ccc(Cl)cc1-2. The molecule has 1 aliphatic rings. The fraction of sp³-hybridized carbons (Fsp3) is 0.208. The maximum Gasteiger partial charge on any atom is 0.166 e. The fourth-order valence-corrected chi connectivity index (χ4v) is 3.90. The maximum absolute atomic E-state index is 6.34. The molecular weight excluding hydrogens is 410 g/mol. The van der Waals surface area contributed by atoms with Gasteiger partial charge in [-0.2, -0.15) is 0 Å². The predicted molar refractivity (Wildman–Crippen MR) is 122 cm³/mol. The van der Waals surface area contributed by atoms with Crippen LogP contribution in [0.5, 0.6) is 0 Å². The molecule has 6 nitrogen and oxygen atoms in total. The number of nitrogens with zero attached hydrogens (tertiary/aromatic N) is 5. The maximum atomic E-state index is 6.34. The number of fused-ring (bicyclic) bond motifs is 5. The quantitative estimate of drug-likeness (QED) is 0.381. The normalized spacial score (nSPS) is 12.6. The summed E-state index contributed by atoms with van der Waals surface area (Å²) in [5.74, 6) is 1.56. The predicted octanol–water partition coefficient (Wildman–Crippen LogP) is 5.24. The molecule has 3 heterocycles. The van der Waals surface area contributed by atoms with Crippen molar-refractivity contribution in [1.82, 2.24) is 24.3 Å². The van der Waals surface area contributed by atoms with E-state index in [2.05, 4.69) is 43.6 Å². The highest BCUT2D eigenvalue weighted by molar-refractivity contribution is 6.31. The van der Waals surface area contributed by atoms with Crippen molar-refractivity contribution in [2.75, 3.05) is 0 Å². The van der Waals surface area contributed by atoms with Gasteiger partial charge in [0.25, 0.3) is 0 Å². The van der Waals surface area contributed by atoms with E-state index < -0.39 is 0 Å². The van der Waals surface area contributed by atoms with Crippen molar-refractivity contribution >= 4 is 23.8 Å². The van der Waals surface area contributed by atoms with Crippen molar-refractivity contribution in [2.45, 2.75) is 33.1 Å². The highest BCUT2D eigenvalue weighted by Gasteiger charge is 2.25. The average molecular weight is 432 g/mol. The number of aromatic nitrogens is 5. The molecule has 4 aromatic rings. The van der Waals surface area contributed by atoms with Crippen molar-refractivity contribution in [1.29, 1.82) is 0 Å². The summed E-state index contributed by atoms with van der Waals surface area (Å²) in [6, 6.07) is 16.0. The van der Waals surface area contributed by atoms with Gasteiger partial charge in [-0.25, -0.2) is 4.98 Å². The molecule has 0 radical (unpaired) electrons. The Bertz CT molecular complexity index is 1260. The van der Waals surface area contributed by atoms with Crippen LogP contribution in [0.2, 0.25) is 5.02 Å². The Hall–Kier alpha value is -3.22. The molecule has 5 rings (SSSR count). The van der Waals surface area contributed by atoms with Gasteiger partial charge in [0.1, 0.15) is 12.9 Å². The lowest BCUT2D eigenvalue weighted by Crippen LogP contribution is -2.11. The van der Waals surface area contributed by atoms with Crippen LogP contribution >= 0.6 is 11.6 Å².